The molecule has 0 radical (unpaired) electrons. The van der Waals surface area contributed by atoms with Crippen LogP contribution in [-0.2, 0) is 11.2 Å². The van der Waals surface area contributed by atoms with E-state index in [4.69, 9.17) is 10.4 Å². The summed E-state index contributed by atoms with van der Waals surface area (Å²) in [6.07, 6.45) is 0.908. The first-order chi connectivity index (χ1) is 9.72. The van der Waals surface area contributed by atoms with E-state index in [1.165, 1.54) is 0 Å². The van der Waals surface area contributed by atoms with Crippen molar-refractivity contribution in [2.24, 2.45) is 5.92 Å². The first kappa shape index (κ1) is 13.8. The van der Waals surface area contributed by atoms with Crippen molar-refractivity contribution in [1.29, 1.82) is 5.26 Å². The molecule has 3 heteroatoms. The van der Waals surface area contributed by atoms with Crippen LogP contribution in [0.15, 0.2) is 54.6 Å². The lowest BCUT2D eigenvalue weighted by atomic mass is 9.94. The number of nitriles is 1. The van der Waals surface area contributed by atoms with E-state index >= 15 is 0 Å². The van der Waals surface area contributed by atoms with Gasteiger partial charge in [0.1, 0.15) is 5.92 Å². The minimum Gasteiger partial charge on any atom is -0.480 e. The van der Waals surface area contributed by atoms with Crippen molar-refractivity contribution >= 4 is 5.97 Å². The number of benzene rings is 2. The third-order valence-corrected chi connectivity index (χ3v) is 3.26. The average molecular weight is 265 g/mol. The van der Waals surface area contributed by atoms with Gasteiger partial charge < -0.3 is 5.11 Å². The standard InChI is InChI=1S/C17H15NO2/c18-12-15(17(19)20)11-10-14-8-4-5-9-16(14)13-6-2-1-3-7-13/h1-9,15H,10-11H2,(H,19,20). The van der Waals surface area contributed by atoms with E-state index in [0.717, 1.165) is 16.7 Å². The van der Waals surface area contributed by atoms with Crippen molar-refractivity contribution in [3.63, 3.8) is 0 Å². The topological polar surface area (TPSA) is 61.1 Å². The summed E-state index contributed by atoms with van der Waals surface area (Å²) in [4.78, 5) is 10.9. The molecule has 1 unspecified atom stereocenters. The molecule has 0 saturated carbocycles. The van der Waals surface area contributed by atoms with Gasteiger partial charge in [0.15, 0.2) is 0 Å². The second kappa shape index (κ2) is 6.53. The molecular weight excluding hydrogens is 250 g/mol. The van der Waals surface area contributed by atoms with Crippen LogP contribution in [0.25, 0.3) is 11.1 Å². The largest absolute Gasteiger partial charge is 0.480 e. The lowest BCUT2D eigenvalue weighted by Crippen LogP contribution is -2.12. The fraction of sp³-hybridized carbons (Fsp3) is 0.176. The van der Waals surface area contributed by atoms with Crippen molar-refractivity contribution in [2.45, 2.75) is 12.8 Å². The highest BCUT2D eigenvalue weighted by Gasteiger charge is 2.16. The van der Waals surface area contributed by atoms with Crippen LogP contribution in [-0.4, -0.2) is 11.1 Å². The number of nitrogens with zero attached hydrogens (tertiary/aromatic N) is 1. The van der Waals surface area contributed by atoms with Gasteiger partial charge in [-0.3, -0.25) is 4.79 Å². The molecule has 0 aliphatic rings. The fourth-order valence-corrected chi connectivity index (χ4v) is 2.18. The summed E-state index contributed by atoms with van der Waals surface area (Å²) in [7, 11) is 0. The molecule has 0 heterocycles. The van der Waals surface area contributed by atoms with Gasteiger partial charge in [-0.15, -0.1) is 0 Å². The highest BCUT2D eigenvalue weighted by atomic mass is 16.4. The summed E-state index contributed by atoms with van der Waals surface area (Å²) in [6, 6.07) is 19.7. The molecule has 0 fully saturated rings. The van der Waals surface area contributed by atoms with Gasteiger partial charge >= 0.3 is 5.97 Å². The van der Waals surface area contributed by atoms with Gasteiger partial charge in [-0.05, 0) is 29.5 Å². The van der Waals surface area contributed by atoms with Gasteiger partial charge in [0.2, 0.25) is 0 Å². The van der Waals surface area contributed by atoms with Gasteiger partial charge in [0.05, 0.1) is 6.07 Å². The van der Waals surface area contributed by atoms with E-state index < -0.39 is 11.9 Å². The Morgan fingerprint density at radius 3 is 2.40 bits per heavy atom. The molecule has 3 nitrogen and oxygen atoms in total. The maximum atomic E-state index is 10.9. The number of rotatable bonds is 5. The molecule has 2 aromatic rings. The Morgan fingerprint density at radius 1 is 1.10 bits per heavy atom. The minimum atomic E-state index is -1.05. The van der Waals surface area contributed by atoms with Crippen molar-refractivity contribution in [3.8, 4) is 17.2 Å². The van der Waals surface area contributed by atoms with Crippen molar-refractivity contribution < 1.29 is 9.90 Å². The van der Waals surface area contributed by atoms with Crippen LogP contribution < -0.4 is 0 Å². The predicted octanol–water partition coefficient (Wildman–Crippen LogP) is 3.51. The number of carbonyl (C=O) groups is 1. The molecule has 1 atom stereocenters. The number of aliphatic carboxylic acids is 1. The van der Waals surface area contributed by atoms with Crippen LogP contribution in [0.4, 0.5) is 0 Å². The number of carboxylic acid groups (broad SMARTS) is 1. The van der Waals surface area contributed by atoms with Gasteiger partial charge in [-0.25, -0.2) is 0 Å². The Morgan fingerprint density at radius 2 is 1.75 bits per heavy atom. The lowest BCUT2D eigenvalue weighted by Gasteiger charge is -2.10. The summed E-state index contributed by atoms with van der Waals surface area (Å²) < 4.78 is 0. The minimum absolute atomic E-state index is 0.329. The number of aryl methyl sites for hydroxylation is 1. The zero-order valence-electron chi connectivity index (χ0n) is 11.0. The third-order valence-electron chi connectivity index (χ3n) is 3.26. The van der Waals surface area contributed by atoms with Crippen LogP contribution in [0.2, 0.25) is 0 Å². The highest BCUT2D eigenvalue weighted by molar-refractivity contribution is 5.73. The SMILES string of the molecule is N#CC(CCc1ccccc1-c1ccccc1)C(=O)O. The second-order valence-electron chi connectivity index (χ2n) is 4.58. The summed E-state index contributed by atoms with van der Waals surface area (Å²) in [5.41, 5.74) is 3.27. The molecule has 0 bridgehead atoms. The number of hydrogen-bond acceptors (Lipinski definition) is 2. The molecule has 20 heavy (non-hydrogen) atoms. The van der Waals surface area contributed by atoms with E-state index in [9.17, 15) is 4.79 Å². The smallest absolute Gasteiger partial charge is 0.320 e. The molecular formula is C17H15NO2. The molecule has 2 rings (SSSR count). The zero-order valence-corrected chi connectivity index (χ0v) is 11.0. The van der Waals surface area contributed by atoms with Gasteiger partial charge in [-0.1, -0.05) is 54.6 Å². The normalized spacial score (nSPS) is 11.6. The molecule has 2 aromatic carbocycles. The molecule has 0 aliphatic heterocycles. The summed E-state index contributed by atoms with van der Waals surface area (Å²) in [5.74, 6) is -2.00. The Hall–Kier alpha value is -2.60. The first-order valence-corrected chi connectivity index (χ1v) is 6.48. The van der Waals surface area contributed by atoms with Crippen LogP contribution in [0.5, 0.6) is 0 Å². The van der Waals surface area contributed by atoms with E-state index in [-0.39, 0.29) is 0 Å². The van der Waals surface area contributed by atoms with Crippen molar-refractivity contribution in [2.75, 3.05) is 0 Å². The summed E-state index contributed by atoms with van der Waals surface area (Å²) in [6.45, 7) is 0. The van der Waals surface area contributed by atoms with Gasteiger partial charge in [0, 0.05) is 0 Å². The average Bonchev–Trinajstić information content (AvgIpc) is 2.49. The lowest BCUT2D eigenvalue weighted by molar-refractivity contribution is -0.139. The van der Waals surface area contributed by atoms with Crippen molar-refractivity contribution in [3.05, 3.63) is 60.2 Å². The van der Waals surface area contributed by atoms with Crippen LogP contribution in [0.3, 0.4) is 0 Å². The fourth-order valence-electron chi connectivity index (χ4n) is 2.18. The zero-order chi connectivity index (χ0) is 14.4. The quantitative estimate of drug-likeness (QED) is 0.899. The molecule has 100 valence electrons. The summed E-state index contributed by atoms with van der Waals surface area (Å²) in [5, 5.41) is 17.7. The summed E-state index contributed by atoms with van der Waals surface area (Å²) >= 11 is 0. The van der Waals surface area contributed by atoms with E-state index in [1.807, 2.05) is 60.7 Å². The molecule has 1 N–H and O–H groups in total. The Bertz CT molecular complexity index is 629. The molecule has 0 saturated heterocycles. The van der Waals surface area contributed by atoms with E-state index in [1.54, 1.807) is 0 Å². The van der Waals surface area contributed by atoms with Gasteiger partial charge in [-0.2, -0.15) is 5.26 Å². The van der Waals surface area contributed by atoms with Crippen molar-refractivity contribution in [1.82, 2.24) is 0 Å². The third kappa shape index (κ3) is 3.24. The van der Waals surface area contributed by atoms with E-state index in [0.29, 0.717) is 12.8 Å². The van der Waals surface area contributed by atoms with Gasteiger partial charge in [0.25, 0.3) is 0 Å². The molecule has 0 aromatic heterocycles. The van der Waals surface area contributed by atoms with Crippen LogP contribution in [0, 0.1) is 17.2 Å². The molecule has 0 spiro atoms. The molecule has 0 amide bonds. The molecule has 0 aliphatic carbocycles. The van der Waals surface area contributed by atoms with E-state index in [2.05, 4.69) is 0 Å². The Kier molecular flexibility index (Phi) is 4.52. The first-order valence-electron chi connectivity index (χ1n) is 6.48. The maximum Gasteiger partial charge on any atom is 0.320 e. The monoisotopic (exact) mass is 265 g/mol. The second-order valence-corrected chi connectivity index (χ2v) is 4.58. The van der Waals surface area contributed by atoms with Crippen LogP contribution >= 0.6 is 0 Å². The number of carboxylic acids is 1. The van der Waals surface area contributed by atoms with Crippen LogP contribution in [0.1, 0.15) is 12.0 Å². The maximum absolute atomic E-state index is 10.9. The predicted molar refractivity (Wildman–Crippen MR) is 76.9 cm³/mol. The number of hydrogen-bond donors (Lipinski definition) is 1. The Labute approximate surface area is 118 Å². The highest BCUT2D eigenvalue weighted by Crippen LogP contribution is 2.25. The Balaban J connectivity index is 2.22.